The molecule has 0 amide bonds. The van der Waals surface area contributed by atoms with Crippen LogP contribution in [0.5, 0.6) is 5.75 Å². The van der Waals surface area contributed by atoms with E-state index in [0.717, 1.165) is 29.0 Å². The number of nitrogens with zero attached hydrogens (tertiary/aromatic N) is 1. The molecule has 0 bridgehead atoms. The van der Waals surface area contributed by atoms with Gasteiger partial charge in [-0.2, -0.15) is 0 Å². The van der Waals surface area contributed by atoms with Crippen molar-refractivity contribution in [1.29, 1.82) is 0 Å². The lowest BCUT2D eigenvalue weighted by atomic mass is 9.77. The molecule has 2 rings (SSSR count). The normalized spacial score (nSPS) is 15.5. The fourth-order valence-electron chi connectivity index (χ4n) is 3.43. The van der Waals surface area contributed by atoms with Gasteiger partial charge in [-0.05, 0) is 62.0 Å². The highest BCUT2D eigenvalue weighted by Crippen LogP contribution is 2.33. The van der Waals surface area contributed by atoms with Crippen LogP contribution >= 0.6 is 0 Å². The summed E-state index contributed by atoms with van der Waals surface area (Å²) in [7, 11) is 5.64. The minimum atomic E-state index is -1.04. The van der Waals surface area contributed by atoms with Crippen LogP contribution in [0.3, 0.4) is 0 Å². The molecule has 2 aromatic rings. The van der Waals surface area contributed by atoms with E-state index in [0.29, 0.717) is 6.42 Å². The first-order chi connectivity index (χ1) is 12.7. The van der Waals surface area contributed by atoms with Crippen molar-refractivity contribution in [3.05, 3.63) is 71.0 Å². The molecule has 1 N–H and O–H groups in total. The monoisotopic (exact) mass is 371 g/mol. The smallest absolute Gasteiger partial charge is 0.123 e. The second-order valence-electron chi connectivity index (χ2n) is 7.49. The number of halogens is 1. The van der Waals surface area contributed by atoms with Gasteiger partial charge in [-0.1, -0.05) is 37.3 Å². The van der Waals surface area contributed by atoms with E-state index in [1.54, 1.807) is 19.2 Å². The summed E-state index contributed by atoms with van der Waals surface area (Å²) in [4.78, 5) is 2.08. The van der Waals surface area contributed by atoms with Crippen LogP contribution < -0.4 is 4.74 Å². The predicted octanol–water partition coefficient (Wildman–Crippen LogP) is 4.41. The minimum absolute atomic E-state index is 0.00426. The SMILES string of the molecule is COc1cccc(CC(O)(C(C)=Cc2ccc(F)cc2)C(C)CN(C)C)c1. The summed E-state index contributed by atoms with van der Waals surface area (Å²) in [5, 5.41) is 11.7. The molecule has 0 aliphatic carbocycles. The number of methoxy groups -OCH3 is 1. The van der Waals surface area contributed by atoms with Crippen LogP contribution in [0.4, 0.5) is 4.39 Å². The molecule has 0 heterocycles. The maximum absolute atomic E-state index is 13.2. The van der Waals surface area contributed by atoms with E-state index < -0.39 is 5.60 Å². The fourth-order valence-corrected chi connectivity index (χ4v) is 3.43. The second kappa shape index (κ2) is 9.16. The lowest BCUT2D eigenvalue weighted by Crippen LogP contribution is -2.44. The van der Waals surface area contributed by atoms with Gasteiger partial charge in [-0.3, -0.25) is 0 Å². The summed E-state index contributed by atoms with van der Waals surface area (Å²) in [5.74, 6) is 0.503. The molecule has 0 aliphatic heterocycles. The van der Waals surface area contributed by atoms with E-state index in [4.69, 9.17) is 4.74 Å². The predicted molar refractivity (Wildman–Crippen MR) is 109 cm³/mol. The summed E-state index contributed by atoms with van der Waals surface area (Å²) in [6.45, 7) is 4.74. The van der Waals surface area contributed by atoms with Gasteiger partial charge >= 0.3 is 0 Å². The maximum Gasteiger partial charge on any atom is 0.123 e. The van der Waals surface area contributed by atoms with Gasteiger partial charge in [0.25, 0.3) is 0 Å². The molecule has 4 heteroatoms. The van der Waals surface area contributed by atoms with E-state index in [1.165, 1.54) is 12.1 Å². The van der Waals surface area contributed by atoms with Crippen LogP contribution in [0.25, 0.3) is 6.08 Å². The van der Waals surface area contributed by atoms with Crippen LogP contribution in [0.2, 0.25) is 0 Å². The topological polar surface area (TPSA) is 32.7 Å². The molecule has 3 nitrogen and oxygen atoms in total. The minimum Gasteiger partial charge on any atom is -0.497 e. The summed E-state index contributed by atoms with van der Waals surface area (Å²) in [6.07, 6.45) is 2.41. The lowest BCUT2D eigenvalue weighted by Gasteiger charge is -2.37. The molecule has 0 saturated carbocycles. The highest BCUT2D eigenvalue weighted by molar-refractivity contribution is 5.55. The summed E-state index contributed by atoms with van der Waals surface area (Å²) >= 11 is 0. The maximum atomic E-state index is 13.2. The molecule has 2 aromatic carbocycles. The zero-order valence-electron chi connectivity index (χ0n) is 16.9. The molecule has 27 heavy (non-hydrogen) atoms. The number of ether oxygens (including phenoxy) is 1. The molecule has 0 fully saturated rings. The van der Waals surface area contributed by atoms with Gasteiger partial charge in [0.15, 0.2) is 0 Å². The third kappa shape index (κ3) is 5.65. The van der Waals surface area contributed by atoms with E-state index in [1.807, 2.05) is 51.4 Å². The van der Waals surface area contributed by atoms with E-state index in [2.05, 4.69) is 11.8 Å². The largest absolute Gasteiger partial charge is 0.497 e. The Balaban J connectivity index is 2.40. The van der Waals surface area contributed by atoms with Crippen LogP contribution in [-0.2, 0) is 6.42 Å². The quantitative estimate of drug-likeness (QED) is 0.746. The van der Waals surface area contributed by atoms with Gasteiger partial charge in [0.1, 0.15) is 11.6 Å². The molecule has 0 spiro atoms. The average Bonchev–Trinajstić information content (AvgIpc) is 2.63. The Hall–Kier alpha value is -2.17. The molecule has 2 atom stereocenters. The van der Waals surface area contributed by atoms with Gasteiger partial charge in [0.05, 0.1) is 12.7 Å². The highest BCUT2D eigenvalue weighted by atomic mass is 19.1. The first kappa shape index (κ1) is 21.1. The molecular weight excluding hydrogens is 341 g/mol. The Morgan fingerprint density at radius 1 is 1.22 bits per heavy atom. The zero-order chi connectivity index (χ0) is 20.0. The van der Waals surface area contributed by atoms with E-state index in [9.17, 15) is 9.50 Å². The molecule has 0 radical (unpaired) electrons. The Labute approximate surface area is 162 Å². The Kier molecular flexibility index (Phi) is 7.17. The van der Waals surface area contributed by atoms with Crippen molar-refractivity contribution in [2.45, 2.75) is 25.9 Å². The molecule has 0 aromatic heterocycles. The zero-order valence-corrected chi connectivity index (χ0v) is 16.9. The van der Waals surface area contributed by atoms with Crippen LogP contribution in [0.1, 0.15) is 25.0 Å². The number of benzene rings is 2. The van der Waals surface area contributed by atoms with Crippen molar-refractivity contribution in [2.75, 3.05) is 27.7 Å². The molecule has 2 unspecified atom stereocenters. The van der Waals surface area contributed by atoms with Crippen molar-refractivity contribution in [2.24, 2.45) is 5.92 Å². The van der Waals surface area contributed by atoms with Crippen LogP contribution in [0, 0.1) is 11.7 Å². The first-order valence-corrected chi connectivity index (χ1v) is 9.19. The Morgan fingerprint density at radius 3 is 2.48 bits per heavy atom. The van der Waals surface area contributed by atoms with Gasteiger partial charge in [0, 0.05) is 18.9 Å². The van der Waals surface area contributed by atoms with Crippen molar-refractivity contribution in [3.8, 4) is 5.75 Å². The summed E-state index contributed by atoms with van der Waals surface area (Å²) in [6, 6.07) is 14.1. The second-order valence-corrected chi connectivity index (χ2v) is 7.49. The van der Waals surface area contributed by atoms with Gasteiger partial charge in [-0.25, -0.2) is 4.39 Å². The Bertz CT molecular complexity index is 770. The van der Waals surface area contributed by atoms with Crippen molar-refractivity contribution >= 4 is 6.08 Å². The van der Waals surface area contributed by atoms with Crippen molar-refractivity contribution in [1.82, 2.24) is 4.90 Å². The third-order valence-electron chi connectivity index (χ3n) is 5.00. The summed E-state index contributed by atoms with van der Waals surface area (Å²) in [5.41, 5.74) is 1.70. The molecular formula is C23H30FNO2. The standard InChI is InChI=1S/C23H30FNO2/c1-17(13-19-9-11-21(24)12-10-19)23(26,18(2)16-25(3)4)15-20-7-6-8-22(14-20)27-5/h6-14,18,26H,15-16H2,1-5H3. The summed E-state index contributed by atoms with van der Waals surface area (Å²) < 4.78 is 18.5. The highest BCUT2D eigenvalue weighted by Gasteiger charge is 2.36. The van der Waals surface area contributed by atoms with Gasteiger partial charge < -0.3 is 14.7 Å². The van der Waals surface area contributed by atoms with Crippen LogP contribution in [-0.4, -0.2) is 43.4 Å². The Morgan fingerprint density at radius 2 is 1.89 bits per heavy atom. The number of hydrogen-bond acceptors (Lipinski definition) is 3. The lowest BCUT2D eigenvalue weighted by molar-refractivity contribution is 0.0149. The molecule has 146 valence electrons. The van der Waals surface area contributed by atoms with Crippen LogP contribution in [0.15, 0.2) is 54.1 Å². The van der Waals surface area contributed by atoms with E-state index in [-0.39, 0.29) is 11.7 Å². The van der Waals surface area contributed by atoms with Crippen molar-refractivity contribution in [3.63, 3.8) is 0 Å². The first-order valence-electron chi connectivity index (χ1n) is 9.19. The van der Waals surface area contributed by atoms with Crippen molar-refractivity contribution < 1.29 is 14.2 Å². The number of hydrogen-bond donors (Lipinski definition) is 1. The van der Waals surface area contributed by atoms with Gasteiger partial charge in [-0.15, -0.1) is 0 Å². The molecule has 0 saturated heterocycles. The fraction of sp³-hybridized carbons (Fsp3) is 0.391. The van der Waals surface area contributed by atoms with E-state index >= 15 is 0 Å². The number of aliphatic hydroxyl groups is 1. The third-order valence-corrected chi connectivity index (χ3v) is 5.00. The molecule has 0 aliphatic rings. The van der Waals surface area contributed by atoms with Gasteiger partial charge in [0.2, 0.25) is 0 Å². The number of rotatable bonds is 8. The average molecular weight is 371 g/mol.